The Morgan fingerprint density at radius 3 is 1.33 bits per heavy atom. The largest absolute Gasteiger partial charge is 0.480 e. The molecular weight excluding hydrogens is 741 g/mol. The molecule has 0 bridgehead atoms. The van der Waals surface area contributed by atoms with E-state index in [0.29, 0.717) is 13.0 Å². The summed E-state index contributed by atoms with van der Waals surface area (Å²) in [6.07, 6.45) is 46.6. The Hall–Kier alpha value is -1.55. The minimum Gasteiger partial charge on any atom is -0.480 e. The summed E-state index contributed by atoms with van der Waals surface area (Å²) in [5.41, 5.74) is 5.36. The fourth-order valence-corrected chi connectivity index (χ4v) is 7.31. The number of nitrogens with two attached hydrogens (primary N) is 1. The molecule has 0 rings (SSSR count). The number of carbonyl (C=O) groups is 2. The number of carboxylic acid groups (broad SMARTS) is 1. The zero-order valence-electron chi connectivity index (χ0n) is 36.7. The first kappa shape index (κ1) is 55.5. The lowest BCUT2D eigenvalue weighted by molar-refractivity contribution is -0.154. The Balaban J connectivity index is 4.17. The first-order chi connectivity index (χ1) is 27.7. The van der Waals surface area contributed by atoms with Crippen LogP contribution in [0.25, 0.3) is 0 Å². The zero-order chi connectivity index (χ0) is 41.9. The molecular formula is C46H88NO9P. The Morgan fingerprint density at radius 2 is 0.912 bits per heavy atom. The third-order valence-corrected chi connectivity index (χ3v) is 11.2. The van der Waals surface area contributed by atoms with Gasteiger partial charge in [-0.05, 0) is 64.2 Å². The molecule has 0 aromatic heterocycles. The van der Waals surface area contributed by atoms with Gasteiger partial charge < -0.3 is 25.2 Å². The molecule has 0 fully saturated rings. The lowest BCUT2D eigenvalue weighted by atomic mass is 10.1. The van der Waals surface area contributed by atoms with Crippen LogP contribution in [0.5, 0.6) is 0 Å². The maximum atomic E-state index is 12.6. The van der Waals surface area contributed by atoms with Crippen molar-refractivity contribution in [3.05, 3.63) is 24.3 Å². The summed E-state index contributed by atoms with van der Waals surface area (Å²) in [5.74, 6) is -1.78. The van der Waals surface area contributed by atoms with Gasteiger partial charge in [-0.3, -0.25) is 18.6 Å². The first-order valence-corrected chi connectivity index (χ1v) is 24.9. The second kappa shape index (κ2) is 42.6. The van der Waals surface area contributed by atoms with Crippen LogP contribution in [0.2, 0.25) is 0 Å². The van der Waals surface area contributed by atoms with Crippen molar-refractivity contribution in [3.63, 3.8) is 0 Å². The molecule has 3 atom stereocenters. The number of hydrogen-bond donors (Lipinski definition) is 3. The van der Waals surface area contributed by atoms with Crippen molar-refractivity contribution in [1.29, 1.82) is 0 Å². The number of allylic oxidation sites excluding steroid dienone is 4. The minimum absolute atomic E-state index is 0.0155. The van der Waals surface area contributed by atoms with Gasteiger partial charge in [0.25, 0.3) is 0 Å². The first-order valence-electron chi connectivity index (χ1n) is 23.4. The number of unbranched alkanes of at least 4 members (excludes halogenated alkanes) is 27. The molecule has 0 aromatic rings. The molecule has 0 amide bonds. The van der Waals surface area contributed by atoms with Crippen LogP contribution in [-0.4, -0.2) is 60.5 Å². The second-order valence-electron chi connectivity index (χ2n) is 15.9. The highest BCUT2D eigenvalue weighted by Crippen LogP contribution is 2.43. The third-order valence-electron chi connectivity index (χ3n) is 10.2. The van der Waals surface area contributed by atoms with Crippen LogP contribution in [0, 0.1) is 0 Å². The van der Waals surface area contributed by atoms with Gasteiger partial charge in [0, 0.05) is 13.0 Å². The summed E-state index contributed by atoms with van der Waals surface area (Å²) >= 11 is 0. The van der Waals surface area contributed by atoms with Crippen LogP contribution in [-0.2, 0) is 32.7 Å². The van der Waals surface area contributed by atoms with Gasteiger partial charge in [0.05, 0.1) is 19.8 Å². The van der Waals surface area contributed by atoms with Gasteiger partial charge in [0.2, 0.25) is 0 Å². The van der Waals surface area contributed by atoms with Gasteiger partial charge >= 0.3 is 19.8 Å². The normalized spacial score (nSPS) is 14.0. The standard InChI is InChI=1S/C46H88NO9P/c1-3-5-7-9-11-13-15-17-19-20-21-22-23-25-27-29-31-33-35-37-39-53-40-43(41-54-57(51,52)55-42-44(47)46(49)50)56-45(48)38-36-34-32-30-28-26-24-18-16-14-12-10-8-6-4-2/h17-19,24,43-44H,3-16,20-23,25-42,47H2,1-2H3,(H,49,50)(H,51,52)/b19-17-,24-18-. The molecule has 0 heterocycles. The summed E-state index contributed by atoms with van der Waals surface area (Å²) in [6.45, 7) is 3.88. The van der Waals surface area contributed by atoms with E-state index in [0.717, 1.165) is 51.4 Å². The van der Waals surface area contributed by atoms with E-state index in [1.54, 1.807) is 0 Å². The van der Waals surface area contributed by atoms with Crippen LogP contribution in [0.15, 0.2) is 24.3 Å². The van der Waals surface area contributed by atoms with Gasteiger partial charge in [0.15, 0.2) is 0 Å². The number of carboxylic acids is 1. The number of rotatable bonds is 45. The highest BCUT2D eigenvalue weighted by Gasteiger charge is 2.27. The van der Waals surface area contributed by atoms with E-state index in [2.05, 4.69) is 38.2 Å². The molecule has 0 radical (unpaired) electrons. The van der Waals surface area contributed by atoms with Crippen LogP contribution >= 0.6 is 7.82 Å². The number of carbonyl (C=O) groups excluding carboxylic acids is 1. The molecule has 3 unspecified atom stereocenters. The molecule has 10 nitrogen and oxygen atoms in total. The van der Waals surface area contributed by atoms with E-state index in [9.17, 15) is 19.0 Å². The minimum atomic E-state index is -4.62. The molecule has 0 spiro atoms. The summed E-state index contributed by atoms with van der Waals surface area (Å²) < 4.78 is 33.4. The summed E-state index contributed by atoms with van der Waals surface area (Å²) in [4.78, 5) is 33.6. The smallest absolute Gasteiger partial charge is 0.472 e. The van der Waals surface area contributed by atoms with Crippen molar-refractivity contribution < 1.29 is 42.7 Å². The molecule has 0 aliphatic rings. The van der Waals surface area contributed by atoms with E-state index in [4.69, 9.17) is 29.4 Å². The fourth-order valence-electron chi connectivity index (χ4n) is 6.53. The number of aliphatic carboxylic acids is 1. The molecule has 0 aliphatic heterocycles. The topological polar surface area (TPSA) is 155 Å². The van der Waals surface area contributed by atoms with Crippen LogP contribution in [0.3, 0.4) is 0 Å². The Bertz CT molecular complexity index is 1010. The van der Waals surface area contributed by atoms with Gasteiger partial charge in [-0.1, -0.05) is 173 Å². The molecule has 0 saturated heterocycles. The Kier molecular flexibility index (Phi) is 41.4. The van der Waals surface area contributed by atoms with Gasteiger partial charge in [-0.15, -0.1) is 0 Å². The van der Waals surface area contributed by atoms with Crippen molar-refractivity contribution in [1.82, 2.24) is 0 Å². The highest BCUT2D eigenvalue weighted by atomic mass is 31.2. The third kappa shape index (κ3) is 42.4. The maximum Gasteiger partial charge on any atom is 0.472 e. The lowest BCUT2D eigenvalue weighted by Gasteiger charge is -2.20. The monoisotopic (exact) mass is 830 g/mol. The van der Waals surface area contributed by atoms with Crippen LogP contribution < -0.4 is 5.73 Å². The maximum absolute atomic E-state index is 12.6. The van der Waals surface area contributed by atoms with Gasteiger partial charge in [0.1, 0.15) is 12.1 Å². The second-order valence-corrected chi connectivity index (χ2v) is 17.3. The number of ether oxygens (including phenoxy) is 2. The molecule has 4 N–H and O–H groups in total. The summed E-state index contributed by atoms with van der Waals surface area (Å²) in [6, 6.07) is -1.47. The van der Waals surface area contributed by atoms with Crippen molar-refractivity contribution in [3.8, 4) is 0 Å². The van der Waals surface area contributed by atoms with Crippen molar-refractivity contribution >= 4 is 19.8 Å². The Labute approximate surface area is 349 Å². The van der Waals surface area contributed by atoms with Crippen molar-refractivity contribution in [2.75, 3.05) is 26.4 Å². The SMILES string of the molecule is CCCCCCCC/C=C\CCCCCCCCCCCCOCC(COP(=O)(O)OCC(N)C(=O)O)OC(=O)CCCCCCC/C=C\CCCCCCCC. The van der Waals surface area contributed by atoms with E-state index >= 15 is 0 Å². The highest BCUT2D eigenvalue weighted by molar-refractivity contribution is 7.47. The molecule has 0 aromatic carbocycles. The van der Waals surface area contributed by atoms with E-state index < -0.39 is 45.1 Å². The molecule has 57 heavy (non-hydrogen) atoms. The zero-order valence-corrected chi connectivity index (χ0v) is 37.6. The molecule has 0 aliphatic carbocycles. The average Bonchev–Trinajstić information content (AvgIpc) is 3.19. The summed E-state index contributed by atoms with van der Waals surface area (Å²) in [7, 11) is -4.62. The number of phosphoric acid groups is 1. The number of hydrogen-bond acceptors (Lipinski definition) is 8. The van der Waals surface area contributed by atoms with Gasteiger partial charge in [-0.25, -0.2) is 4.57 Å². The van der Waals surface area contributed by atoms with E-state index in [1.165, 1.54) is 141 Å². The Morgan fingerprint density at radius 1 is 0.544 bits per heavy atom. The van der Waals surface area contributed by atoms with Gasteiger partial charge in [-0.2, -0.15) is 0 Å². The fraction of sp³-hybridized carbons (Fsp3) is 0.870. The van der Waals surface area contributed by atoms with Crippen molar-refractivity contribution in [2.24, 2.45) is 5.73 Å². The van der Waals surface area contributed by atoms with Crippen LogP contribution in [0.4, 0.5) is 0 Å². The summed E-state index contributed by atoms with van der Waals surface area (Å²) in [5, 5.41) is 8.90. The number of esters is 1. The predicted octanol–water partition coefficient (Wildman–Crippen LogP) is 13.1. The van der Waals surface area contributed by atoms with Crippen molar-refractivity contribution in [2.45, 2.75) is 231 Å². The number of phosphoric ester groups is 1. The molecule has 0 saturated carbocycles. The van der Waals surface area contributed by atoms with E-state index in [1.807, 2.05) is 0 Å². The van der Waals surface area contributed by atoms with E-state index in [-0.39, 0.29) is 13.0 Å². The molecule has 336 valence electrons. The van der Waals surface area contributed by atoms with Crippen LogP contribution in [0.1, 0.15) is 219 Å². The quantitative estimate of drug-likeness (QED) is 0.0234. The lowest BCUT2D eigenvalue weighted by Crippen LogP contribution is -2.34. The predicted molar refractivity (Wildman–Crippen MR) is 235 cm³/mol. The average molecular weight is 830 g/mol. The molecule has 11 heteroatoms.